The maximum absolute atomic E-state index is 10.00. The molecule has 0 bridgehead atoms. The zero-order valence-corrected chi connectivity index (χ0v) is 23.0. The number of benzene rings is 4. The van der Waals surface area contributed by atoms with E-state index in [1.165, 1.54) is 5.39 Å². The molecule has 4 aromatic heterocycles. The van der Waals surface area contributed by atoms with Crippen molar-refractivity contribution in [2.24, 2.45) is 0 Å². The molecule has 200 valence electrons. The maximum atomic E-state index is 10.00. The van der Waals surface area contributed by atoms with Gasteiger partial charge in [0.25, 0.3) is 0 Å². The molecule has 4 heterocycles. The highest BCUT2D eigenvalue weighted by atomic mass is 15.0. The fourth-order valence-corrected chi connectivity index (χ4v) is 5.92. The van der Waals surface area contributed by atoms with Crippen LogP contribution in [0.5, 0.6) is 0 Å². The van der Waals surface area contributed by atoms with E-state index in [-0.39, 0.29) is 0 Å². The smallest absolute Gasteiger partial charge is 0.145 e. The summed E-state index contributed by atoms with van der Waals surface area (Å²) in [6, 6.07) is 47.1. The van der Waals surface area contributed by atoms with Crippen molar-refractivity contribution in [3.63, 3.8) is 0 Å². The molecular formula is C38H23N5. The van der Waals surface area contributed by atoms with E-state index in [4.69, 9.17) is 15.0 Å². The summed E-state index contributed by atoms with van der Waals surface area (Å²) in [5, 5.41) is 14.5. The molecule has 0 atom stereocenters. The summed E-state index contributed by atoms with van der Waals surface area (Å²) < 4.78 is 2.12. The summed E-state index contributed by atoms with van der Waals surface area (Å²) in [5.74, 6) is 0. The minimum absolute atomic E-state index is 0.553. The summed E-state index contributed by atoms with van der Waals surface area (Å²) in [4.78, 5) is 14.8. The van der Waals surface area contributed by atoms with Gasteiger partial charge < -0.3 is 0 Å². The highest BCUT2D eigenvalue weighted by Gasteiger charge is 2.15. The first-order valence-corrected chi connectivity index (χ1v) is 14.1. The lowest BCUT2D eigenvalue weighted by Gasteiger charge is -2.12. The SMILES string of the molecule is N#Cc1cc(-c2cccc(-c3cccc(-c4cccc5ccccc45)n3)n2)cc(-n2c3ccccc3c3cccnc32)c1. The van der Waals surface area contributed by atoms with Gasteiger partial charge in [0.1, 0.15) is 5.65 Å². The van der Waals surface area contributed by atoms with E-state index in [0.717, 1.165) is 66.9 Å². The van der Waals surface area contributed by atoms with Crippen LogP contribution in [-0.2, 0) is 0 Å². The molecule has 0 fully saturated rings. The predicted molar refractivity (Wildman–Crippen MR) is 173 cm³/mol. The van der Waals surface area contributed by atoms with Crippen LogP contribution < -0.4 is 0 Å². The molecule has 0 radical (unpaired) electrons. The van der Waals surface area contributed by atoms with Gasteiger partial charge in [0.2, 0.25) is 0 Å². The van der Waals surface area contributed by atoms with Crippen LogP contribution in [-0.4, -0.2) is 19.5 Å². The van der Waals surface area contributed by atoms with Gasteiger partial charge in [0.05, 0.1) is 39.9 Å². The zero-order chi connectivity index (χ0) is 28.8. The molecule has 0 amide bonds. The van der Waals surface area contributed by atoms with Crippen molar-refractivity contribution in [1.29, 1.82) is 5.26 Å². The normalized spacial score (nSPS) is 11.2. The Hall–Kier alpha value is -6.12. The molecule has 0 N–H and O–H groups in total. The number of hydrogen-bond acceptors (Lipinski definition) is 4. The molecule has 43 heavy (non-hydrogen) atoms. The predicted octanol–water partition coefficient (Wildman–Crippen LogP) is 8.99. The average Bonchev–Trinajstić information content (AvgIpc) is 3.42. The number of rotatable bonds is 4. The van der Waals surface area contributed by atoms with Crippen molar-refractivity contribution >= 4 is 32.7 Å². The largest absolute Gasteiger partial charge is 0.294 e. The molecule has 8 aromatic rings. The van der Waals surface area contributed by atoms with Crippen molar-refractivity contribution < 1.29 is 0 Å². The number of nitrogens with zero attached hydrogens (tertiary/aromatic N) is 5. The molecule has 4 aromatic carbocycles. The minimum Gasteiger partial charge on any atom is -0.294 e. The molecule has 5 nitrogen and oxygen atoms in total. The summed E-state index contributed by atoms with van der Waals surface area (Å²) in [5.41, 5.74) is 8.45. The van der Waals surface area contributed by atoms with Gasteiger partial charge in [-0.25, -0.2) is 15.0 Å². The second-order valence-electron chi connectivity index (χ2n) is 10.5. The molecule has 0 unspecified atom stereocenters. The van der Waals surface area contributed by atoms with Crippen LogP contribution in [0.25, 0.3) is 72.3 Å². The second-order valence-corrected chi connectivity index (χ2v) is 10.5. The zero-order valence-electron chi connectivity index (χ0n) is 23.0. The second kappa shape index (κ2) is 10.1. The van der Waals surface area contributed by atoms with Crippen LogP contribution in [0.4, 0.5) is 0 Å². The van der Waals surface area contributed by atoms with Gasteiger partial charge in [-0.3, -0.25) is 4.57 Å². The van der Waals surface area contributed by atoms with Crippen molar-refractivity contribution in [3.05, 3.63) is 145 Å². The number of para-hydroxylation sites is 1. The number of fused-ring (bicyclic) bond motifs is 4. The summed E-state index contributed by atoms with van der Waals surface area (Å²) >= 11 is 0. The molecule has 0 aliphatic rings. The summed E-state index contributed by atoms with van der Waals surface area (Å²) in [6.45, 7) is 0. The van der Waals surface area contributed by atoms with Gasteiger partial charge in [-0.15, -0.1) is 0 Å². The van der Waals surface area contributed by atoms with Gasteiger partial charge in [0, 0.05) is 33.8 Å². The van der Waals surface area contributed by atoms with E-state index in [9.17, 15) is 5.26 Å². The number of pyridine rings is 3. The lowest BCUT2D eigenvalue weighted by molar-refractivity contribution is 1.13. The lowest BCUT2D eigenvalue weighted by Crippen LogP contribution is -1.98. The van der Waals surface area contributed by atoms with E-state index in [2.05, 4.69) is 77.4 Å². The van der Waals surface area contributed by atoms with E-state index < -0.39 is 0 Å². The fourth-order valence-electron chi connectivity index (χ4n) is 5.92. The molecular weight excluding hydrogens is 526 g/mol. The third kappa shape index (κ3) is 4.21. The molecule has 8 rings (SSSR count). The Bertz CT molecular complexity index is 2320. The summed E-state index contributed by atoms with van der Waals surface area (Å²) in [6.07, 6.45) is 1.80. The summed E-state index contributed by atoms with van der Waals surface area (Å²) in [7, 11) is 0. The fraction of sp³-hybridized carbons (Fsp3) is 0. The first-order valence-electron chi connectivity index (χ1n) is 14.1. The Labute approximate surface area is 248 Å². The van der Waals surface area contributed by atoms with Crippen molar-refractivity contribution in [2.45, 2.75) is 0 Å². The quantitative estimate of drug-likeness (QED) is 0.220. The Morgan fingerprint density at radius 2 is 1.23 bits per heavy atom. The van der Waals surface area contributed by atoms with Crippen LogP contribution in [0.3, 0.4) is 0 Å². The first kappa shape index (κ1) is 24.7. The maximum Gasteiger partial charge on any atom is 0.145 e. The lowest BCUT2D eigenvalue weighted by atomic mass is 10.0. The number of aromatic nitrogens is 4. The van der Waals surface area contributed by atoms with Gasteiger partial charge in [-0.2, -0.15) is 5.26 Å². The highest BCUT2D eigenvalue weighted by Crippen LogP contribution is 2.33. The van der Waals surface area contributed by atoms with Crippen molar-refractivity contribution in [1.82, 2.24) is 19.5 Å². The molecule has 0 saturated heterocycles. The van der Waals surface area contributed by atoms with Gasteiger partial charge in [-0.05, 0) is 71.4 Å². The Kier molecular flexibility index (Phi) is 5.77. The van der Waals surface area contributed by atoms with E-state index >= 15 is 0 Å². The third-order valence-corrected chi connectivity index (χ3v) is 7.86. The topological polar surface area (TPSA) is 67.4 Å². The Morgan fingerprint density at radius 1 is 0.558 bits per heavy atom. The third-order valence-electron chi connectivity index (χ3n) is 7.86. The van der Waals surface area contributed by atoms with Crippen LogP contribution >= 0.6 is 0 Å². The Morgan fingerprint density at radius 3 is 2.09 bits per heavy atom. The minimum atomic E-state index is 0.553. The monoisotopic (exact) mass is 549 g/mol. The van der Waals surface area contributed by atoms with Gasteiger partial charge in [0.15, 0.2) is 0 Å². The van der Waals surface area contributed by atoms with E-state index in [0.29, 0.717) is 5.56 Å². The van der Waals surface area contributed by atoms with Gasteiger partial charge >= 0.3 is 0 Å². The van der Waals surface area contributed by atoms with Gasteiger partial charge in [-0.1, -0.05) is 72.8 Å². The standard InChI is InChI=1S/C38H23N5/c39-24-25-21-27(23-28(22-25)43-37-19-4-3-12-31(37)32-14-8-20-40-38(32)43)33-15-6-17-35(41-33)36-18-7-16-34(42-36)30-13-5-10-26-9-1-2-11-29(26)30/h1-23H. The van der Waals surface area contributed by atoms with Crippen molar-refractivity contribution in [2.75, 3.05) is 0 Å². The average molecular weight is 550 g/mol. The van der Waals surface area contributed by atoms with E-state index in [1.807, 2.05) is 66.7 Å². The van der Waals surface area contributed by atoms with Crippen LogP contribution in [0.2, 0.25) is 0 Å². The molecule has 0 aliphatic carbocycles. The van der Waals surface area contributed by atoms with E-state index in [1.54, 1.807) is 6.20 Å². The first-order chi connectivity index (χ1) is 21.3. The van der Waals surface area contributed by atoms with Crippen LogP contribution in [0.15, 0.2) is 140 Å². The van der Waals surface area contributed by atoms with Crippen molar-refractivity contribution in [3.8, 4) is 45.7 Å². The molecule has 0 spiro atoms. The Balaban J connectivity index is 1.25. The number of hydrogen-bond donors (Lipinski definition) is 0. The van der Waals surface area contributed by atoms with Crippen LogP contribution in [0, 0.1) is 11.3 Å². The molecule has 0 aliphatic heterocycles. The number of nitriles is 1. The van der Waals surface area contributed by atoms with Crippen LogP contribution in [0.1, 0.15) is 5.56 Å². The molecule has 0 saturated carbocycles. The highest BCUT2D eigenvalue weighted by molar-refractivity contribution is 6.07. The molecule has 5 heteroatoms.